The van der Waals surface area contributed by atoms with Crippen LogP contribution in [0.3, 0.4) is 0 Å². The average Bonchev–Trinajstić information content (AvgIpc) is 3.04. The lowest BCUT2D eigenvalue weighted by Crippen LogP contribution is -2.31. The summed E-state index contributed by atoms with van der Waals surface area (Å²) in [6.07, 6.45) is 0.977. The number of non-ortho nitro benzene ring substituents is 1. The second kappa shape index (κ2) is 5.13. The van der Waals surface area contributed by atoms with Crippen LogP contribution in [0.2, 0.25) is 0 Å². The van der Waals surface area contributed by atoms with Crippen LogP contribution >= 0.6 is 0 Å². The van der Waals surface area contributed by atoms with Crippen molar-refractivity contribution >= 4 is 17.4 Å². The molecule has 2 amide bonds. The van der Waals surface area contributed by atoms with Gasteiger partial charge in [-0.05, 0) is 18.4 Å². The molecule has 1 aromatic carbocycles. The van der Waals surface area contributed by atoms with Gasteiger partial charge in [-0.25, -0.2) is 4.79 Å². The van der Waals surface area contributed by atoms with Gasteiger partial charge in [-0.1, -0.05) is 6.92 Å². The summed E-state index contributed by atoms with van der Waals surface area (Å²) < 4.78 is 5.03. The molecule has 0 unspecified atom stereocenters. The maximum Gasteiger partial charge on any atom is 0.319 e. The monoisotopic (exact) mass is 265 g/mol. The van der Waals surface area contributed by atoms with Crippen molar-refractivity contribution in [1.82, 2.24) is 5.32 Å². The van der Waals surface area contributed by atoms with Gasteiger partial charge in [0.15, 0.2) is 0 Å². The molecule has 0 bridgehead atoms. The van der Waals surface area contributed by atoms with Crippen LogP contribution in [-0.2, 0) is 0 Å². The molecule has 1 aliphatic rings. The Bertz CT molecular complexity index is 518. The molecule has 2 N–H and O–H groups in total. The molecule has 1 saturated carbocycles. The van der Waals surface area contributed by atoms with Gasteiger partial charge < -0.3 is 15.4 Å². The van der Waals surface area contributed by atoms with Crippen molar-refractivity contribution in [3.8, 4) is 5.75 Å². The van der Waals surface area contributed by atoms with Gasteiger partial charge in [0, 0.05) is 12.1 Å². The first kappa shape index (κ1) is 13.1. The average molecular weight is 265 g/mol. The third-order valence-electron chi connectivity index (χ3n) is 3.07. The van der Waals surface area contributed by atoms with Gasteiger partial charge in [-0.2, -0.15) is 0 Å². The van der Waals surface area contributed by atoms with Crippen LogP contribution in [0.25, 0.3) is 0 Å². The van der Waals surface area contributed by atoms with E-state index in [1.807, 2.05) is 0 Å². The second-order valence-corrected chi connectivity index (χ2v) is 4.56. The zero-order valence-corrected chi connectivity index (χ0v) is 10.7. The highest BCUT2D eigenvalue weighted by Gasteiger charge is 2.33. The molecule has 0 spiro atoms. The number of hydrogen-bond acceptors (Lipinski definition) is 4. The number of carbonyl (C=O) groups excluding carboxylic acids is 1. The predicted octanol–water partition coefficient (Wildman–Crippen LogP) is 2.13. The van der Waals surface area contributed by atoms with E-state index in [0.29, 0.717) is 11.6 Å². The Morgan fingerprint density at radius 3 is 2.74 bits per heavy atom. The zero-order chi connectivity index (χ0) is 14.0. The Morgan fingerprint density at radius 1 is 1.53 bits per heavy atom. The summed E-state index contributed by atoms with van der Waals surface area (Å²) in [7, 11) is 1.39. The molecule has 1 aliphatic carbocycles. The van der Waals surface area contributed by atoms with E-state index in [0.717, 1.165) is 6.42 Å². The number of benzene rings is 1. The van der Waals surface area contributed by atoms with E-state index >= 15 is 0 Å². The van der Waals surface area contributed by atoms with Crippen LogP contribution < -0.4 is 15.4 Å². The molecule has 0 heterocycles. The number of nitro groups is 1. The third kappa shape index (κ3) is 3.12. The fourth-order valence-corrected chi connectivity index (χ4v) is 1.75. The van der Waals surface area contributed by atoms with E-state index in [2.05, 4.69) is 17.6 Å². The van der Waals surface area contributed by atoms with Gasteiger partial charge in [-0.15, -0.1) is 0 Å². The molecule has 0 radical (unpaired) electrons. The Morgan fingerprint density at radius 2 is 2.21 bits per heavy atom. The van der Waals surface area contributed by atoms with Crippen molar-refractivity contribution in [3.63, 3.8) is 0 Å². The Hall–Kier alpha value is -2.31. The zero-order valence-electron chi connectivity index (χ0n) is 10.7. The molecule has 0 saturated heterocycles. The fraction of sp³-hybridized carbons (Fsp3) is 0.417. The number of methoxy groups -OCH3 is 1. The van der Waals surface area contributed by atoms with Gasteiger partial charge in [0.2, 0.25) is 0 Å². The van der Waals surface area contributed by atoms with Crippen LogP contribution in [-0.4, -0.2) is 24.1 Å². The third-order valence-corrected chi connectivity index (χ3v) is 3.07. The second-order valence-electron chi connectivity index (χ2n) is 4.56. The first-order valence-corrected chi connectivity index (χ1v) is 5.91. The Kier molecular flexibility index (Phi) is 3.55. The largest absolute Gasteiger partial charge is 0.494 e. The number of amides is 2. The summed E-state index contributed by atoms with van der Waals surface area (Å²) in [5, 5.41) is 16.1. The molecule has 19 heavy (non-hydrogen) atoms. The molecular formula is C12H15N3O4. The highest BCUT2D eigenvalue weighted by Crippen LogP contribution is 2.31. The number of ether oxygens (including phenoxy) is 1. The van der Waals surface area contributed by atoms with Crippen LogP contribution in [0.5, 0.6) is 5.75 Å². The summed E-state index contributed by atoms with van der Waals surface area (Å²) in [4.78, 5) is 21.8. The molecule has 0 aromatic heterocycles. The number of carbonyl (C=O) groups is 1. The lowest BCUT2D eigenvalue weighted by molar-refractivity contribution is -0.384. The van der Waals surface area contributed by atoms with E-state index in [1.165, 1.54) is 25.3 Å². The highest BCUT2D eigenvalue weighted by molar-refractivity contribution is 5.91. The first-order chi connectivity index (χ1) is 9.01. The van der Waals surface area contributed by atoms with Crippen LogP contribution in [0, 0.1) is 16.0 Å². The minimum absolute atomic E-state index is 0.0846. The van der Waals surface area contributed by atoms with E-state index in [4.69, 9.17) is 4.74 Å². The molecule has 7 heteroatoms. The van der Waals surface area contributed by atoms with Crippen molar-refractivity contribution in [3.05, 3.63) is 28.3 Å². The van der Waals surface area contributed by atoms with Gasteiger partial charge in [-0.3, -0.25) is 10.1 Å². The van der Waals surface area contributed by atoms with E-state index in [9.17, 15) is 14.9 Å². The van der Waals surface area contributed by atoms with E-state index in [-0.39, 0.29) is 23.5 Å². The van der Waals surface area contributed by atoms with Gasteiger partial charge in [0.25, 0.3) is 5.69 Å². The predicted molar refractivity (Wildman–Crippen MR) is 69.4 cm³/mol. The normalized spacial score (nSPS) is 20.5. The van der Waals surface area contributed by atoms with Crippen LogP contribution in [0.15, 0.2) is 18.2 Å². The summed E-state index contributed by atoms with van der Waals surface area (Å²) in [5.41, 5.74) is 0.317. The number of urea groups is 1. The minimum Gasteiger partial charge on any atom is -0.494 e. The lowest BCUT2D eigenvalue weighted by atomic mass is 10.2. The molecule has 102 valence electrons. The number of nitrogens with zero attached hydrogens (tertiary/aromatic N) is 1. The molecule has 1 fully saturated rings. The van der Waals surface area contributed by atoms with E-state index in [1.54, 1.807) is 0 Å². The van der Waals surface area contributed by atoms with Crippen molar-refractivity contribution in [1.29, 1.82) is 0 Å². The summed E-state index contributed by atoms with van der Waals surface area (Å²) >= 11 is 0. The molecule has 2 atom stereocenters. The van der Waals surface area contributed by atoms with Crippen molar-refractivity contribution in [2.75, 3.05) is 12.4 Å². The summed E-state index contributed by atoms with van der Waals surface area (Å²) in [5.74, 6) is 0.762. The van der Waals surface area contributed by atoms with Crippen molar-refractivity contribution in [2.24, 2.45) is 5.92 Å². The topological polar surface area (TPSA) is 93.5 Å². The molecule has 0 aliphatic heterocycles. The Balaban J connectivity index is 2.06. The van der Waals surface area contributed by atoms with Gasteiger partial charge in [0.1, 0.15) is 5.75 Å². The Labute approximate surface area is 110 Å². The number of rotatable bonds is 4. The summed E-state index contributed by atoms with van der Waals surface area (Å²) in [6.45, 7) is 2.05. The fourth-order valence-electron chi connectivity index (χ4n) is 1.75. The number of nitro benzene ring substituents is 1. The van der Waals surface area contributed by atoms with Crippen LogP contribution in [0.4, 0.5) is 16.2 Å². The highest BCUT2D eigenvalue weighted by atomic mass is 16.6. The maximum atomic E-state index is 11.7. The number of nitrogens with one attached hydrogen (secondary N) is 2. The summed E-state index contributed by atoms with van der Waals surface area (Å²) in [6, 6.07) is 3.92. The number of anilines is 1. The molecule has 1 aromatic rings. The molecule has 7 nitrogen and oxygen atoms in total. The first-order valence-electron chi connectivity index (χ1n) is 5.91. The van der Waals surface area contributed by atoms with Crippen molar-refractivity contribution < 1.29 is 14.5 Å². The number of hydrogen-bond donors (Lipinski definition) is 2. The SMILES string of the molecule is COc1cc([N+](=O)[O-])ccc1NC(=O)N[C@H]1C[C@H]1C. The molecular weight excluding hydrogens is 250 g/mol. The quantitative estimate of drug-likeness (QED) is 0.644. The molecule has 2 rings (SSSR count). The minimum atomic E-state index is -0.516. The lowest BCUT2D eigenvalue weighted by Gasteiger charge is -2.10. The van der Waals surface area contributed by atoms with E-state index < -0.39 is 4.92 Å². The van der Waals surface area contributed by atoms with Crippen molar-refractivity contribution in [2.45, 2.75) is 19.4 Å². The maximum absolute atomic E-state index is 11.7. The smallest absolute Gasteiger partial charge is 0.319 e. The van der Waals surface area contributed by atoms with Crippen LogP contribution in [0.1, 0.15) is 13.3 Å². The van der Waals surface area contributed by atoms with Gasteiger partial charge in [0.05, 0.1) is 23.8 Å². The standard InChI is InChI=1S/C12H15N3O4/c1-7-5-10(7)14-12(16)13-9-4-3-8(15(17)18)6-11(9)19-2/h3-4,6-7,10H,5H2,1-2H3,(H2,13,14,16)/t7-,10+/m1/s1. The van der Waals surface area contributed by atoms with Gasteiger partial charge >= 0.3 is 6.03 Å².